The van der Waals surface area contributed by atoms with Gasteiger partial charge in [-0.3, -0.25) is 10.1 Å². The second-order valence-electron chi connectivity index (χ2n) is 5.74. The van der Waals surface area contributed by atoms with Crippen LogP contribution in [0.2, 0.25) is 5.02 Å². The minimum absolute atomic E-state index is 0.0224. The first-order valence-corrected chi connectivity index (χ1v) is 8.47. The summed E-state index contributed by atoms with van der Waals surface area (Å²) >= 11 is 5.83. The molecule has 0 saturated heterocycles. The van der Waals surface area contributed by atoms with Crippen LogP contribution in [0.15, 0.2) is 66.7 Å². The number of phenolic OH excluding ortho intramolecular Hbond substituents is 1. The van der Waals surface area contributed by atoms with Gasteiger partial charge in [0, 0.05) is 17.2 Å². The molecule has 0 aliphatic heterocycles. The molecule has 0 saturated carbocycles. The molecule has 142 valence electrons. The minimum Gasteiger partial charge on any atom is -0.507 e. The number of phenols is 1. The smallest absolute Gasteiger partial charge is 0.342 e. The number of halogens is 1. The first-order chi connectivity index (χ1) is 13.4. The zero-order chi connectivity index (χ0) is 20.1. The maximum absolute atomic E-state index is 12.1. The standard InChI is InChI=1S/C20H14ClNO6/c21-14-4-9-19(23)18(11-14)20(24)27-12-13-2-1-3-17(10-13)28-16-7-5-15(6-8-16)22(25)26/h1-11,23H,12H2. The Bertz CT molecular complexity index is 1020. The fraction of sp³-hybridized carbons (Fsp3) is 0.0500. The largest absolute Gasteiger partial charge is 0.507 e. The number of hydrogen-bond donors (Lipinski definition) is 1. The third-order valence-electron chi connectivity index (χ3n) is 3.73. The molecule has 3 aromatic carbocycles. The number of aromatic hydroxyl groups is 1. The highest BCUT2D eigenvalue weighted by atomic mass is 35.5. The number of nitro benzene ring substituents is 1. The van der Waals surface area contributed by atoms with Gasteiger partial charge in [0.05, 0.1) is 4.92 Å². The Balaban J connectivity index is 1.65. The van der Waals surface area contributed by atoms with Crippen molar-refractivity contribution in [3.05, 3.63) is 93.0 Å². The average molecular weight is 400 g/mol. The van der Waals surface area contributed by atoms with Crippen molar-refractivity contribution in [3.8, 4) is 17.2 Å². The highest BCUT2D eigenvalue weighted by Gasteiger charge is 2.13. The summed E-state index contributed by atoms with van der Waals surface area (Å²) in [5, 5.41) is 20.7. The van der Waals surface area contributed by atoms with E-state index in [0.717, 1.165) is 0 Å². The van der Waals surface area contributed by atoms with Crippen molar-refractivity contribution in [2.45, 2.75) is 6.61 Å². The molecule has 3 aromatic rings. The SMILES string of the molecule is O=C(OCc1cccc(Oc2ccc([N+](=O)[O-])cc2)c1)c1cc(Cl)ccc1O. The van der Waals surface area contributed by atoms with Crippen LogP contribution in [0.3, 0.4) is 0 Å². The lowest BCUT2D eigenvalue weighted by Gasteiger charge is -2.09. The topological polar surface area (TPSA) is 98.9 Å². The monoisotopic (exact) mass is 399 g/mol. The number of carbonyl (C=O) groups is 1. The van der Waals surface area contributed by atoms with Gasteiger partial charge >= 0.3 is 5.97 Å². The summed E-state index contributed by atoms with van der Waals surface area (Å²) in [6.45, 7) is -0.0394. The van der Waals surface area contributed by atoms with Crippen molar-refractivity contribution >= 4 is 23.3 Å². The number of esters is 1. The molecule has 3 rings (SSSR count). The maximum Gasteiger partial charge on any atom is 0.342 e. The second-order valence-corrected chi connectivity index (χ2v) is 6.17. The predicted octanol–water partition coefficient (Wildman–Crippen LogP) is 5.10. The predicted molar refractivity (Wildman–Crippen MR) is 102 cm³/mol. The van der Waals surface area contributed by atoms with Gasteiger partial charge in [0.1, 0.15) is 29.4 Å². The van der Waals surface area contributed by atoms with E-state index < -0.39 is 10.9 Å². The number of nitro groups is 1. The summed E-state index contributed by atoms with van der Waals surface area (Å²) in [6.07, 6.45) is 0. The van der Waals surface area contributed by atoms with Crippen LogP contribution in [0.1, 0.15) is 15.9 Å². The van der Waals surface area contributed by atoms with Gasteiger partial charge in [-0.25, -0.2) is 4.79 Å². The average Bonchev–Trinajstić information content (AvgIpc) is 2.68. The fourth-order valence-corrected chi connectivity index (χ4v) is 2.54. The molecular weight excluding hydrogens is 386 g/mol. The molecule has 0 heterocycles. The minimum atomic E-state index is -0.707. The van der Waals surface area contributed by atoms with E-state index >= 15 is 0 Å². The van der Waals surface area contributed by atoms with Gasteiger partial charge in [0.25, 0.3) is 5.69 Å². The van der Waals surface area contributed by atoms with E-state index in [2.05, 4.69) is 0 Å². The molecule has 0 aliphatic rings. The van der Waals surface area contributed by atoms with E-state index in [0.29, 0.717) is 22.1 Å². The van der Waals surface area contributed by atoms with E-state index in [9.17, 15) is 20.0 Å². The summed E-state index contributed by atoms with van der Waals surface area (Å²) in [7, 11) is 0. The summed E-state index contributed by atoms with van der Waals surface area (Å²) < 4.78 is 10.9. The molecule has 28 heavy (non-hydrogen) atoms. The van der Waals surface area contributed by atoms with Gasteiger partial charge in [0.2, 0.25) is 0 Å². The van der Waals surface area contributed by atoms with Crippen LogP contribution in [-0.2, 0) is 11.3 Å². The normalized spacial score (nSPS) is 10.3. The Hall–Kier alpha value is -3.58. The number of hydrogen-bond acceptors (Lipinski definition) is 6. The van der Waals surface area contributed by atoms with Crippen LogP contribution in [-0.4, -0.2) is 16.0 Å². The molecule has 7 nitrogen and oxygen atoms in total. The zero-order valence-electron chi connectivity index (χ0n) is 14.4. The molecule has 8 heteroatoms. The van der Waals surface area contributed by atoms with Crippen LogP contribution >= 0.6 is 11.6 Å². The Morgan fingerprint density at radius 2 is 1.79 bits per heavy atom. The molecule has 0 spiro atoms. The number of benzene rings is 3. The van der Waals surface area contributed by atoms with E-state index in [1.807, 2.05) is 0 Å². The lowest BCUT2D eigenvalue weighted by atomic mass is 10.2. The number of carbonyl (C=O) groups excluding carboxylic acids is 1. The molecule has 0 aliphatic carbocycles. The summed E-state index contributed by atoms with van der Waals surface area (Å²) in [4.78, 5) is 22.3. The third kappa shape index (κ3) is 4.77. The Kier molecular flexibility index (Phi) is 5.76. The van der Waals surface area contributed by atoms with Gasteiger partial charge in [-0.1, -0.05) is 23.7 Å². The van der Waals surface area contributed by atoms with Crippen LogP contribution in [0.4, 0.5) is 5.69 Å². The molecule has 0 aromatic heterocycles. The Morgan fingerprint density at radius 1 is 1.04 bits per heavy atom. The van der Waals surface area contributed by atoms with Gasteiger partial charge in [-0.05, 0) is 48.0 Å². The Labute approximate surface area is 164 Å². The van der Waals surface area contributed by atoms with E-state index in [1.165, 1.54) is 42.5 Å². The van der Waals surface area contributed by atoms with E-state index in [4.69, 9.17) is 21.1 Å². The lowest BCUT2D eigenvalue weighted by molar-refractivity contribution is -0.384. The molecule has 0 bridgehead atoms. The molecule has 0 atom stereocenters. The van der Waals surface area contributed by atoms with E-state index in [-0.39, 0.29) is 23.6 Å². The summed E-state index contributed by atoms with van der Waals surface area (Å²) in [6, 6.07) is 16.6. The van der Waals surface area contributed by atoms with E-state index in [1.54, 1.807) is 24.3 Å². The van der Waals surface area contributed by atoms with Gasteiger partial charge in [-0.15, -0.1) is 0 Å². The zero-order valence-corrected chi connectivity index (χ0v) is 15.1. The molecule has 0 amide bonds. The van der Waals surface area contributed by atoms with Crippen LogP contribution in [0.25, 0.3) is 0 Å². The molecular formula is C20H14ClNO6. The molecule has 1 N–H and O–H groups in total. The molecule has 0 radical (unpaired) electrons. The number of ether oxygens (including phenoxy) is 2. The van der Waals surface area contributed by atoms with Crippen molar-refractivity contribution in [2.24, 2.45) is 0 Å². The first kappa shape index (κ1) is 19.2. The lowest BCUT2D eigenvalue weighted by Crippen LogP contribution is -2.05. The molecule has 0 unspecified atom stereocenters. The van der Waals surface area contributed by atoms with Crippen LogP contribution < -0.4 is 4.74 Å². The summed E-state index contributed by atoms with van der Waals surface area (Å²) in [5.74, 6) is -0.0112. The quantitative estimate of drug-likeness (QED) is 0.351. The van der Waals surface area contributed by atoms with Crippen LogP contribution in [0.5, 0.6) is 17.2 Å². The fourth-order valence-electron chi connectivity index (χ4n) is 2.37. The molecule has 0 fully saturated rings. The maximum atomic E-state index is 12.1. The van der Waals surface area contributed by atoms with Crippen molar-refractivity contribution in [1.29, 1.82) is 0 Å². The number of rotatable bonds is 6. The third-order valence-corrected chi connectivity index (χ3v) is 3.97. The second kappa shape index (κ2) is 8.41. The van der Waals surface area contributed by atoms with Gasteiger partial charge in [-0.2, -0.15) is 0 Å². The van der Waals surface area contributed by atoms with Gasteiger partial charge < -0.3 is 14.6 Å². The number of non-ortho nitro benzene ring substituents is 1. The van der Waals surface area contributed by atoms with Crippen LogP contribution in [0, 0.1) is 10.1 Å². The number of nitrogens with zero attached hydrogens (tertiary/aromatic N) is 1. The summed E-state index contributed by atoms with van der Waals surface area (Å²) in [5.41, 5.74) is 0.609. The van der Waals surface area contributed by atoms with Crippen molar-refractivity contribution in [3.63, 3.8) is 0 Å². The van der Waals surface area contributed by atoms with Crippen molar-refractivity contribution in [2.75, 3.05) is 0 Å². The van der Waals surface area contributed by atoms with Gasteiger partial charge in [0.15, 0.2) is 0 Å². The van der Waals surface area contributed by atoms with Crippen molar-refractivity contribution in [1.82, 2.24) is 0 Å². The first-order valence-electron chi connectivity index (χ1n) is 8.09. The Morgan fingerprint density at radius 3 is 2.50 bits per heavy atom. The highest BCUT2D eigenvalue weighted by Crippen LogP contribution is 2.26. The van der Waals surface area contributed by atoms with Crippen molar-refractivity contribution < 1.29 is 24.3 Å². The highest BCUT2D eigenvalue weighted by molar-refractivity contribution is 6.31.